The summed E-state index contributed by atoms with van der Waals surface area (Å²) in [6.45, 7) is 7.70. The number of carbonyl (C=O) groups excluding carboxylic acids is 1. The fourth-order valence-electron chi connectivity index (χ4n) is 3.12. The third-order valence-corrected chi connectivity index (χ3v) is 4.74. The number of amides is 1. The smallest absolute Gasteiger partial charge is 0.407 e. The van der Waals surface area contributed by atoms with E-state index < -0.39 is 5.60 Å². The van der Waals surface area contributed by atoms with Crippen LogP contribution in [0.4, 0.5) is 10.5 Å². The van der Waals surface area contributed by atoms with Gasteiger partial charge in [-0.15, -0.1) is 0 Å². The van der Waals surface area contributed by atoms with E-state index in [1.54, 1.807) is 7.11 Å². The molecule has 1 aliphatic carbocycles. The van der Waals surface area contributed by atoms with Gasteiger partial charge < -0.3 is 20.1 Å². The molecule has 0 spiro atoms. The first-order valence-corrected chi connectivity index (χ1v) is 9.57. The number of hydrogen-bond donors (Lipinski definition) is 2. The van der Waals surface area contributed by atoms with Gasteiger partial charge in [0, 0.05) is 16.6 Å². The van der Waals surface area contributed by atoms with Crippen LogP contribution in [-0.4, -0.2) is 30.9 Å². The first-order chi connectivity index (χ1) is 11.7. The molecule has 140 valence electrons. The summed E-state index contributed by atoms with van der Waals surface area (Å²) in [4.78, 5) is 11.9. The average Bonchev–Trinajstić information content (AvgIpc) is 2.49. The maximum Gasteiger partial charge on any atom is 0.407 e. The summed E-state index contributed by atoms with van der Waals surface area (Å²) in [7, 11) is 1.69. The van der Waals surface area contributed by atoms with E-state index in [4.69, 9.17) is 9.47 Å². The Morgan fingerprint density at radius 3 is 2.32 bits per heavy atom. The van der Waals surface area contributed by atoms with Crippen molar-refractivity contribution >= 4 is 27.7 Å². The van der Waals surface area contributed by atoms with Gasteiger partial charge in [0.25, 0.3) is 0 Å². The molecule has 0 heterocycles. The Balaban J connectivity index is 1.88. The van der Waals surface area contributed by atoms with Crippen LogP contribution in [0.25, 0.3) is 0 Å². The lowest BCUT2D eigenvalue weighted by atomic mass is 9.91. The molecule has 0 radical (unpaired) electrons. The molecular weight excluding hydrogens is 384 g/mol. The Bertz CT molecular complexity index is 605. The van der Waals surface area contributed by atoms with E-state index >= 15 is 0 Å². The van der Waals surface area contributed by atoms with Gasteiger partial charge in [0.1, 0.15) is 11.4 Å². The molecule has 0 saturated heterocycles. The second-order valence-corrected chi connectivity index (χ2v) is 8.55. The van der Waals surface area contributed by atoms with E-state index in [0.717, 1.165) is 47.2 Å². The van der Waals surface area contributed by atoms with Crippen molar-refractivity contribution in [3.05, 3.63) is 22.2 Å². The van der Waals surface area contributed by atoms with Crippen LogP contribution >= 0.6 is 15.9 Å². The van der Waals surface area contributed by atoms with E-state index in [0.29, 0.717) is 6.04 Å². The molecule has 0 atom stereocenters. The van der Waals surface area contributed by atoms with E-state index in [9.17, 15) is 4.79 Å². The van der Waals surface area contributed by atoms with Crippen molar-refractivity contribution in [2.45, 2.75) is 71.1 Å². The molecule has 25 heavy (non-hydrogen) atoms. The number of hydrogen-bond acceptors (Lipinski definition) is 4. The summed E-state index contributed by atoms with van der Waals surface area (Å²) in [6.07, 6.45) is 3.55. The van der Waals surface area contributed by atoms with Gasteiger partial charge >= 0.3 is 6.09 Å². The van der Waals surface area contributed by atoms with Crippen LogP contribution in [0.1, 0.15) is 52.0 Å². The van der Waals surface area contributed by atoms with Gasteiger partial charge in [-0.2, -0.15) is 0 Å². The van der Waals surface area contributed by atoms with E-state index in [-0.39, 0.29) is 12.1 Å². The van der Waals surface area contributed by atoms with Crippen LogP contribution in [0, 0.1) is 6.92 Å². The number of benzene rings is 1. The van der Waals surface area contributed by atoms with Gasteiger partial charge in [-0.25, -0.2) is 4.79 Å². The number of ether oxygens (including phenoxy) is 2. The van der Waals surface area contributed by atoms with Gasteiger partial charge in [0.2, 0.25) is 0 Å². The minimum atomic E-state index is -0.460. The van der Waals surface area contributed by atoms with Crippen LogP contribution in [0.3, 0.4) is 0 Å². The third kappa shape index (κ3) is 6.10. The molecule has 0 unspecified atom stereocenters. The molecule has 0 aromatic heterocycles. The maximum absolute atomic E-state index is 11.9. The molecule has 1 amide bonds. The predicted molar refractivity (Wildman–Crippen MR) is 104 cm³/mol. The third-order valence-electron chi connectivity index (χ3n) is 4.28. The zero-order valence-electron chi connectivity index (χ0n) is 15.7. The van der Waals surface area contributed by atoms with Gasteiger partial charge in [-0.05, 0) is 71.1 Å². The SMILES string of the molecule is COc1cc(Br)cc(C)c1NC1CCC(NC(=O)OC(C)(C)C)CC1. The summed E-state index contributed by atoms with van der Waals surface area (Å²) < 4.78 is 11.8. The summed E-state index contributed by atoms with van der Waals surface area (Å²) in [5, 5.41) is 6.60. The van der Waals surface area contributed by atoms with Crippen molar-refractivity contribution < 1.29 is 14.3 Å². The first kappa shape index (κ1) is 19.9. The summed E-state index contributed by atoms with van der Waals surface area (Å²) in [5.41, 5.74) is 1.74. The Morgan fingerprint density at radius 1 is 1.16 bits per heavy atom. The maximum atomic E-state index is 11.9. The molecule has 6 heteroatoms. The second kappa shape index (κ2) is 8.30. The average molecular weight is 413 g/mol. The van der Waals surface area contributed by atoms with Crippen molar-refractivity contribution in [2.75, 3.05) is 12.4 Å². The Labute approximate surface area is 159 Å². The quantitative estimate of drug-likeness (QED) is 0.728. The van der Waals surface area contributed by atoms with Crippen molar-refractivity contribution in [2.24, 2.45) is 0 Å². The van der Waals surface area contributed by atoms with Crippen LogP contribution < -0.4 is 15.4 Å². The van der Waals surface area contributed by atoms with E-state index in [2.05, 4.69) is 39.6 Å². The molecule has 5 nitrogen and oxygen atoms in total. The topological polar surface area (TPSA) is 59.6 Å². The number of aryl methyl sites for hydroxylation is 1. The van der Waals surface area contributed by atoms with Crippen molar-refractivity contribution in [3.63, 3.8) is 0 Å². The fraction of sp³-hybridized carbons (Fsp3) is 0.632. The lowest BCUT2D eigenvalue weighted by Crippen LogP contribution is -2.42. The molecule has 0 aliphatic heterocycles. The molecule has 1 aromatic rings. The van der Waals surface area contributed by atoms with Crippen molar-refractivity contribution in [1.29, 1.82) is 0 Å². The van der Waals surface area contributed by atoms with E-state index in [1.165, 1.54) is 0 Å². The highest BCUT2D eigenvalue weighted by Gasteiger charge is 2.25. The van der Waals surface area contributed by atoms with Crippen LogP contribution in [-0.2, 0) is 4.74 Å². The fourth-order valence-corrected chi connectivity index (χ4v) is 3.67. The molecule has 1 fully saturated rings. The van der Waals surface area contributed by atoms with Crippen LogP contribution in [0.2, 0.25) is 0 Å². The van der Waals surface area contributed by atoms with Crippen molar-refractivity contribution in [3.8, 4) is 5.75 Å². The minimum Gasteiger partial charge on any atom is -0.495 e. The normalized spacial score (nSPS) is 20.7. The molecule has 2 rings (SSSR count). The number of rotatable bonds is 4. The van der Waals surface area contributed by atoms with Crippen LogP contribution in [0.15, 0.2) is 16.6 Å². The number of nitrogens with one attached hydrogen (secondary N) is 2. The predicted octanol–water partition coefficient (Wildman–Crippen LogP) is 5.01. The number of carbonyl (C=O) groups is 1. The summed E-state index contributed by atoms with van der Waals surface area (Å²) in [5.74, 6) is 0.848. The molecular formula is C19H29BrN2O3. The second-order valence-electron chi connectivity index (χ2n) is 7.64. The summed E-state index contributed by atoms with van der Waals surface area (Å²) >= 11 is 3.50. The standard InChI is InChI=1S/C19H29BrN2O3/c1-12-10-13(20)11-16(24-5)17(12)21-14-6-8-15(9-7-14)22-18(23)25-19(2,3)4/h10-11,14-15,21H,6-9H2,1-5H3,(H,22,23). The highest BCUT2D eigenvalue weighted by atomic mass is 79.9. The Hall–Kier alpha value is -1.43. The largest absolute Gasteiger partial charge is 0.495 e. The molecule has 2 N–H and O–H groups in total. The zero-order chi connectivity index (χ0) is 18.6. The first-order valence-electron chi connectivity index (χ1n) is 8.78. The van der Waals surface area contributed by atoms with E-state index in [1.807, 2.05) is 26.8 Å². The number of methoxy groups -OCH3 is 1. The highest BCUT2D eigenvalue weighted by molar-refractivity contribution is 9.10. The Morgan fingerprint density at radius 2 is 1.76 bits per heavy atom. The van der Waals surface area contributed by atoms with Gasteiger partial charge in [0.05, 0.1) is 12.8 Å². The summed E-state index contributed by atoms with van der Waals surface area (Å²) in [6, 6.07) is 4.62. The van der Waals surface area contributed by atoms with Crippen molar-refractivity contribution in [1.82, 2.24) is 5.32 Å². The number of anilines is 1. The monoisotopic (exact) mass is 412 g/mol. The lowest BCUT2D eigenvalue weighted by Gasteiger charge is -2.31. The molecule has 0 bridgehead atoms. The van der Waals surface area contributed by atoms with Gasteiger partial charge in [-0.3, -0.25) is 0 Å². The number of alkyl carbamates (subject to hydrolysis) is 1. The molecule has 1 aliphatic rings. The lowest BCUT2D eigenvalue weighted by molar-refractivity contribution is 0.0492. The zero-order valence-corrected chi connectivity index (χ0v) is 17.3. The van der Waals surface area contributed by atoms with Crippen LogP contribution in [0.5, 0.6) is 5.75 Å². The minimum absolute atomic E-state index is 0.181. The highest BCUT2D eigenvalue weighted by Crippen LogP contribution is 2.34. The van der Waals surface area contributed by atoms with Gasteiger partial charge in [-0.1, -0.05) is 15.9 Å². The number of halogens is 1. The Kier molecular flexibility index (Phi) is 6.60. The molecule has 1 aromatic carbocycles. The molecule has 1 saturated carbocycles. The van der Waals surface area contributed by atoms with Gasteiger partial charge in [0.15, 0.2) is 0 Å².